The Morgan fingerprint density at radius 3 is 2.84 bits per heavy atom. The summed E-state index contributed by atoms with van der Waals surface area (Å²) in [7, 11) is 0. The summed E-state index contributed by atoms with van der Waals surface area (Å²) in [5.41, 5.74) is 2.29. The van der Waals surface area contributed by atoms with Gasteiger partial charge in [0.05, 0.1) is 11.4 Å². The number of rotatable bonds is 3. The summed E-state index contributed by atoms with van der Waals surface area (Å²) in [5.74, 6) is -0.201. The minimum Gasteiger partial charge on any atom is -0.322 e. The molecule has 0 bridgehead atoms. The van der Waals surface area contributed by atoms with Gasteiger partial charge in [-0.05, 0) is 41.9 Å². The predicted octanol–water partition coefficient (Wildman–Crippen LogP) is 2.95. The van der Waals surface area contributed by atoms with E-state index in [-0.39, 0.29) is 17.6 Å². The SMILES string of the molecule is Cc1cc(C)n(CC(=O)Nc2cc(Br)cnc2Cl)n1. The highest BCUT2D eigenvalue weighted by molar-refractivity contribution is 9.10. The van der Waals surface area contributed by atoms with Crippen LogP contribution in [0.15, 0.2) is 22.8 Å². The van der Waals surface area contributed by atoms with Crippen molar-refractivity contribution < 1.29 is 4.79 Å². The number of nitrogens with one attached hydrogen (secondary N) is 1. The molecule has 19 heavy (non-hydrogen) atoms. The first-order chi connectivity index (χ1) is 8.95. The molecule has 0 fully saturated rings. The van der Waals surface area contributed by atoms with Crippen molar-refractivity contribution in [1.82, 2.24) is 14.8 Å². The van der Waals surface area contributed by atoms with Gasteiger partial charge >= 0.3 is 0 Å². The molecule has 2 aromatic rings. The van der Waals surface area contributed by atoms with Crippen LogP contribution < -0.4 is 5.32 Å². The van der Waals surface area contributed by atoms with Crippen LogP contribution in [0.5, 0.6) is 0 Å². The maximum absolute atomic E-state index is 11.9. The van der Waals surface area contributed by atoms with Crippen molar-refractivity contribution in [3.05, 3.63) is 39.3 Å². The second-order valence-corrected chi connectivity index (χ2v) is 5.40. The Morgan fingerprint density at radius 2 is 2.21 bits per heavy atom. The Hall–Kier alpha value is -1.40. The largest absolute Gasteiger partial charge is 0.322 e. The van der Waals surface area contributed by atoms with E-state index in [0.717, 1.165) is 15.9 Å². The lowest BCUT2D eigenvalue weighted by Gasteiger charge is -2.08. The fourth-order valence-electron chi connectivity index (χ4n) is 1.67. The minimum atomic E-state index is -0.201. The first kappa shape index (κ1) is 14.0. The lowest BCUT2D eigenvalue weighted by Crippen LogP contribution is -2.20. The molecule has 0 saturated heterocycles. The molecule has 1 amide bonds. The first-order valence-corrected chi connectivity index (χ1v) is 6.75. The third kappa shape index (κ3) is 3.54. The summed E-state index contributed by atoms with van der Waals surface area (Å²) in [6, 6.07) is 3.62. The molecule has 0 aliphatic carbocycles. The predicted molar refractivity (Wildman–Crippen MR) is 77.3 cm³/mol. The Morgan fingerprint density at radius 1 is 1.47 bits per heavy atom. The number of carbonyl (C=O) groups excluding carboxylic acids is 1. The number of aryl methyl sites for hydroxylation is 2. The van der Waals surface area contributed by atoms with Crippen molar-refractivity contribution in [2.75, 3.05) is 5.32 Å². The molecule has 0 aromatic carbocycles. The number of nitrogens with zero attached hydrogens (tertiary/aromatic N) is 3. The summed E-state index contributed by atoms with van der Waals surface area (Å²) in [5, 5.41) is 7.20. The maximum Gasteiger partial charge on any atom is 0.246 e. The van der Waals surface area contributed by atoms with Crippen LogP contribution >= 0.6 is 27.5 Å². The van der Waals surface area contributed by atoms with Crippen molar-refractivity contribution in [3.8, 4) is 0 Å². The van der Waals surface area contributed by atoms with Crippen LogP contribution in [0.3, 0.4) is 0 Å². The van der Waals surface area contributed by atoms with Crippen LogP contribution in [0.2, 0.25) is 5.15 Å². The lowest BCUT2D eigenvalue weighted by molar-refractivity contribution is -0.116. The third-order valence-corrected chi connectivity index (χ3v) is 3.21. The molecule has 0 spiro atoms. The monoisotopic (exact) mass is 342 g/mol. The van der Waals surface area contributed by atoms with Crippen molar-refractivity contribution in [3.63, 3.8) is 0 Å². The van der Waals surface area contributed by atoms with Gasteiger partial charge in [-0.2, -0.15) is 5.10 Å². The number of aromatic nitrogens is 3. The van der Waals surface area contributed by atoms with Gasteiger partial charge in [-0.3, -0.25) is 9.48 Å². The van der Waals surface area contributed by atoms with E-state index in [1.165, 1.54) is 0 Å². The van der Waals surface area contributed by atoms with E-state index in [4.69, 9.17) is 11.6 Å². The second-order valence-electron chi connectivity index (χ2n) is 4.12. The Labute approximate surface area is 124 Å². The summed E-state index contributed by atoms with van der Waals surface area (Å²) in [6.07, 6.45) is 1.57. The molecule has 0 unspecified atom stereocenters. The van der Waals surface area contributed by atoms with Crippen LogP contribution in [-0.2, 0) is 11.3 Å². The van der Waals surface area contributed by atoms with Crippen LogP contribution in [0.1, 0.15) is 11.4 Å². The lowest BCUT2D eigenvalue weighted by atomic mass is 10.4. The van der Waals surface area contributed by atoms with Crippen LogP contribution in [0.4, 0.5) is 5.69 Å². The molecule has 2 rings (SSSR count). The van der Waals surface area contributed by atoms with Crippen LogP contribution in [0, 0.1) is 13.8 Å². The molecule has 0 aliphatic heterocycles. The molecule has 0 saturated carbocycles. The molecular formula is C12H12BrClN4O. The zero-order valence-corrected chi connectivity index (χ0v) is 12.8. The third-order valence-electron chi connectivity index (χ3n) is 2.48. The normalized spacial score (nSPS) is 10.5. The van der Waals surface area contributed by atoms with Crippen molar-refractivity contribution in [2.24, 2.45) is 0 Å². The maximum atomic E-state index is 11.9. The summed E-state index contributed by atoms with van der Waals surface area (Å²) < 4.78 is 2.39. The molecule has 7 heteroatoms. The summed E-state index contributed by atoms with van der Waals surface area (Å²) in [4.78, 5) is 15.9. The first-order valence-electron chi connectivity index (χ1n) is 5.57. The number of carbonyl (C=O) groups is 1. The van der Waals surface area contributed by atoms with E-state index in [2.05, 4.69) is 31.3 Å². The topological polar surface area (TPSA) is 59.8 Å². The molecule has 100 valence electrons. The van der Waals surface area contributed by atoms with Gasteiger partial charge < -0.3 is 5.32 Å². The van der Waals surface area contributed by atoms with Gasteiger partial charge in [0.1, 0.15) is 6.54 Å². The fourth-order valence-corrected chi connectivity index (χ4v) is 2.15. The van der Waals surface area contributed by atoms with E-state index >= 15 is 0 Å². The van der Waals surface area contributed by atoms with Gasteiger partial charge in [0, 0.05) is 16.4 Å². The van der Waals surface area contributed by atoms with E-state index in [1.54, 1.807) is 16.9 Å². The molecule has 1 N–H and O–H groups in total. The number of pyridine rings is 1. The highest BCUT2D eigenvalue weighted by Crippen LogP contribution is 2.22. The van der Waals surface area contributed by atoms with Gasteiger partial charge in [-0.1, -0.05) is 11.6 Å². The van der Waals surface area contributed by atoms with Crippen molar-refractivity contribution in [1.29, 1.82) is 0 Å². The Bertz CT molecular complexity index is 626. The van der Waals surface area contributed by atoms with E-state index in [9.17, 15) is 4.79 Å². The van der Waals surface area contributed by atoms with E-state index in [1.807, 2.05) is 19.9 Å². The van der Waals surface area contributed by atoms with Gasteiger partial charge in [0.15, 0.2) is 5.15 Å². The zero-order valence-electron chi connectivity index (χ0n) is 10.4. The van der Waals surface area contributed by atoms with Crippen molar-refractivity contribution in [2.45, 2.75) is 20.4 Å². The average Bonchev–Trinajstić information content (AvgIpc) is 2.62. The Kier molecular flexibility index (Phi) is 4.21. The number of hydrogen-bond acceptors (Lipinski definition) is 3. The highest BCUT2D eigenvalue weighted by Gasteiger charge is 2.10. The highest BCUT2D eigenvalue weighted by atomic mass is 79.9. The molecular weight excluding hydrogens is 332 g/mol. The number of hydrogen-bond donors (Lipinski definition) is 1. The smallest absolute Gasteiger partial charge is 0.246 e. The number of amides is 1. The molecule has 0 radical (unpaired) electrons. The molecule has 0 aliphatic rings. The molecule has 2 heterocycles. The van der Waals surface area contributed by atoms with Gasteiger partial charge in [0.25, 0.3) is 0 Å². The van der Waals surface area contributed by atoms with E-state index < -0.39 is 0 Å². The summed E-state index contributed by atoms with van der Waals surface area (Å²) in [6.45, 7) is 3.93. The quantitative estimate of drug-likeness (QED) is 0.872. The average molecular weight is 344 g/mol. The standard InChI is InChI=1S/C12H12BrClN4O/c1-7-3-8(2)18(17-7)6-11(19)16-10-4-9(13)5-15-12(10)14/h3-5H,6H2,1-2H3,(H,16,19). The zero-order chi connectivity index (χ0) is 14.0. The van der Waals surface area contributed by atoms with Crippen molar-refractivity contribution >= 4 is 39.1 Å². The number of anilines is 1. The minimum absolute atomic E-state index is 0.141. The molecule has 2 aromatic heterocycles. The number of halogens is 2. The van der Waals surface area contributed by atoms with Crippen LogP contribution in [-0.4, -0.2) is 20.7 Å². The Balaban J connectivity index is 2.09. The second kappa shape index (κ2) is 5.71. The van der Waals surface area contributed by atoms with Gasteiger partial charge in [-0.25, -0.2) is 4.98 Å². The van der Waals surface area contributed by atoms with Gasteiger partial charge in [0.2, 0.25) is 5.91 Å². The molecule has 0 atom stereocenters. The fraction of sp³-hybridized carbons (Fsp3) is 0.250. The van der Waals surface area contributed by atoms with Gasteiger partial charge in [-0.15, -0.1) is 0 Å². The van der Waals surface area contributed by atoms with Crippen LogP contribution in [0.25, 0.3) is 0 Å². The summed E-state index contributed by atoms with van der Waals surface area (Å²) >= 11 is 9.19. The van der Waals surface area contributed by atoms with E-state index in [0.29, 0.717) is 5.69 Å². The molecule has 5 nitrogen and oxygen atoms in total.